The van der Waals surface area contributed by atoms with Gasteiger partial charge in [0.05, 0.1) is 10.6 Å². The molecule has 0 saturated heterocycles. The van der Waals surface area contributed by atoms with Gasteiger partial charge in [0.25, 0.3) is 5.91 Å². The minimum atomic E-state index is -0.792. The molecule has 7 heteroatoms. The molecule has 2 aromatic rings. The number of hydrogen-bond acceptors (Lipinski definition) is 3. The van der Waals surface area contributed by atoms with Gasteiger partial charge in [0, 0.05) is 31.0 Å². The van der Waals surface area contributed by atoms with Crippen molar-refractivity contribution in [2.75, 3.05) is 19.4 Å². The van der Waals surface area contributed by atoms with Gasteiger partial charge in [0.2, 0.25) is 5.91 Å². The fourth-order valence-corrected chi connectivity index (χ4v) is 4.13. The van der Waals surface area contributed by atoms with Crippen LogP contribution in [0.5, 0.6) is 0 Å². The summed E-state index contributed by atoms with van der Waals surface area (Å²) in [7, 11) is 3.41. The average Bonchev–Trinajstić information content (AvgIpc) is 2.99. The SMILES string of the molecule is CN(C)C(=O)c1cc2c(s1)CC[C@@H](C(=O)Nc1ccc(F)cc1F)C2. The molecular formula is C18H18F2N2O2S. The van der Waals surface area contributed by atoms with Crippen molar-refractivity contribution in [1.82, 2.24) is 4.90 Å². The monoisotopic (exact) mass is 364 g/mol. The Morgan fingerprint density at radius 3 is 2.68 bits per heavy atom. The van der Waals surface area contributed by atoms with Gasteiger partial charge in [-0.3, -0.25) is 9.59 Å². The number of amides is 2. The summed E-state index contributed by atoms with van der Waals surface area (Å²) in [5, 5.41) is 2.53. The lowest BCUT2D eigenvalue weighted by Crippen LogP contribution is -2.28. The number of carbonyl (C=O) groups excluding carboxylic acids is 2. The zero-order valence-electron chi connectivity index (χ0n) is 13.9. The van der Waals surface area contributed by atoms with Crippen LogP contribution in [0.3, 0.4) is 0 Å². The molecule has 0 aliphatic heterocycles. The number of benzene rings is 1. The number of aryl methyl sites for hydroxylation is 1. The third-order valence-corrected chi connectivity index (χ3v) is 5.48. The molecule has 2 amide bonds. The predicted molar refractivity (Wildman–Crippen MR) is 92.8 cm³/mol. The van der Waals surface area contributed by atoms with E-state index in [1.165, 1.54) is 22.3 Å². The van der Waals surface area contributed by atoms with E-state index >= 15 is 0 Å². The van der Waals surface area contributed by atoms with Crippen molar-refractivity contribution >= 4 is 28.8 Å². The molecular weight excluding hydrogens is 346 g/mol. The second-order valence-corrected chi connectivity index (χ2v) is 7.45. The summed E-state index contributed by atoms with van der Waals surface area (Å²) in [5.74, 6) is -2.11. The van der Waals surface area contributed by atoms with E-state index in [0.717, 1.165) is 22.6 Å². The first-order valence-corrected chi connectivity index (χ1v) is 8.76. The lowest BCUT2D eigenvalue weighted by Gasteiger charge is -2.21. The maximum absolute atomic E-state index is 13.7. The van der Waals surface area contributed by atoms with E-state index in [9.17, 15) is 18.4 Å². The van der Waals surface area contributed by atoms with Crippen LogP contribution < -0.4 is 5.32 Å². The van der Waals surface area contributed by atoms with Gasteiger partial charge < -0.3 is 10.2 Å². The Hall–Kier alpha value is -2.28. The number of carbonyl (C=O) groups is 2. The van der Waals surface area contributed by atoms with E-state index in [0.29, 0.717) is 24.1 Å². The summed E-state index contributed by atoms with van der Waals surface area (Å²) >= 11 is 1.47. The maximum Gasteiger partial charge on any atom is 0.263 e. The highest BCUT2D eigenvalue weighted by atomic mass is 32.1. The number of halogens is 2. The van der Waals surface area contributed by atoms with Crippen molar-refractivity contribution < 1.29 is 18.4 Å². The molecule has 0 spiro atoms. The normalized spacial score (nSPS) is 16.2. The highest BCUT2D eigenvalue weighted by molar-refractivity contribution is 7.14. The Morgan fingerprint density at radius 2 is 2.00 bits per heavy atom. The van der Waals surface area contributed by atoms with Crippen molar-refractivity contribution in [2.24, 2.45) is 5.92 Å². The first-order chi connectivity index (χ1) is 11.8. The summed E-state index contributed by atoms with van der Waals surface area (Å²) in [6, 6.07) is 4.91. The number of nitrogens with one attached hydrogen (secondary N) is 1. The van der Waals surface area contributed by atoms with Gasteiger partial charge in [-0.1, -0.05) is 0 Å². The Balaban J connectivity index is 1.71. The molecule has 132 valence electrons. The van der Waals surface area contributed by atoms with Crippen molar-refractivity contribution in [3.8, 4) is 0 Å². The Bertz CT molecular complexity index is 832. The van der Waals surface area contributed by atoms with Crippen LogP contribution in [0.15, 0.2) is 24.3 Å². The maximum atomic E-state index is 13.7. The molecule has 1 aliphatic rings. The molecule has 0 bridgehead atoms. The number of nitrogens with zero attached hydrogens (tertiary/aromatic N) is 1. The summed E-state index contributed by atoms with van der Waals surface area (Å²) in [6.07, 6.45) is 1.86. The predicted octanol–water partition coefficient (Wildman–Crippen LogP) is 3.47. The number of rotatable bonds is 3. The number of thiophene rings is 1. The molecule has 1 heterocycles. The van der Waals surface area contributed by atoms with Gasteiger partial charge >= 0.3 is 0 Å². The second kappa shape index (κ2) is 6.92. The summed E-state index contributed by atoms with van der Waals surface area (Å²) in [4.78, 5) is 27.8. The zero-order chi connectivity index (χ0) is 18.1. The van der Waals surface area contributed by atoms with Gasteiger partial charge in [-0.05, 0) is 43.0 Å². The lowest BCUT2D eigenvalue weighted by atomic mass is 9.87. The fourth-order valence-electron chi connectivity index (χ4n) is 2.90. The van der Waals surface area contributed by atoms with Crippen LogP contribution in [0.2, 0.25) is 0 Å². The molecule has 1 aliphatic carbocycles. The van der Waals surface area contributed by atoms with Crippen LogP contribution in [-0.4, -0.2) is 30.8 Å². The van der Waals surface area contributed by atoms with Crippen molar-refractivity contribution in [3.05, 3.63) is 51.2 Å². The standard InChI is InChI=1S/C18H18F2N2O2S/c1-22(2)18(24)16-8-11-7-10(3-6-15(11)25-16)17(23)21-14-5-4-12(19)9-13(14)20/h4-5,8-10H,3,6-7H2,1-2H3,(H,21,23)/t10-/m1/s1. The van der Waals surface area contributed by atoms with Crippen LogP contribution in [-0.2, 0) is 17.6 Å². The van der Waals surface area contributed by atoms with Gasteiger partial charge in [-0.15, -0.1) is 11.3 Å². The smallest absolute Gasteiger partial charge is 0.263 e. The third kappa shape index (κ3) is 3.71. The van der Waals surface area contributed by atoms with Crippen molar-refractivity contribution in [2.45, 2.75) is 19.3 Å². The molecule has 1 aromatic carbocycles. The van der Waals surface area contributed by atoms with E-state index in [-0.39, 0.29) is 23.4 Å². The molecule has 25 heavy (non-hydrogen) atoms. The molecule has 0 saturated carbocycles. The Morgan fingerprint density at radius 1 is 1.24 bits per heavy atom. The zero-order valence-corrected chi connectivity index (χ0v) is 14.8. The second-order valence-electron chi connectivity index (χ2n) is 6.31. The van der Waals surface area contributed by atoms with Crippen LogP contribution in [0.4, 0.5) is 14.5 Å². The Labute approximate surface area is 148 Å². The van der Waals surface area contributed by atoms with Gasteiger partial charge in [0.15, 0.2) is 0 Å². The minimum absolute atomic E-state index is 0.0222. The largest absolute Gasteiger partial charge is 0.344 e. The summed E-state index contributed by atoms with van der Waals surface area (Å²) in [6.45, 7) is 0. The first kappa shape index (κ1) is 17.5. The van der Waals surface area contributed by atoms with Crippen LogP contribution in [0.1, 0.15) is 26.5 Å². The topological polar surface area (TPSA) is 49.4 Å². The van der Waals surface area contributed by atoms with Gasteiger partial charge in [0.1, 0.15) is 11.6 Å². The number of anilines is 1. The van der Waals surface area contributed by atoms with E-state index in [2.05, 4.69) is 5.32 Å². The summed E-state index contributed by atoms with van der Waals surface area (Å²) in [5.41, 5.74) is 0.979. The highest BCUT2D eigenvalue weighted by Crippen LogP contribution is 2.33. The first-order valence-electron chi connectivity index (χ1n) is 7.94. The fraction of sp³-hybridized carbons (Fsp3) is 0.333. The minimum Gasteiger partial charge on any atom is -0.344 e. The van der Waals surface area contributed by atoms with Crippen LogP contribution in [0.25, 0.3) is 0 Å². The quantitative estimate of drug-likeness (QED) is 0.907. The molecule has 0 fully saturated rings. The van der Waals surface area contributed by atoms with Crippen LogP contribution in [0, 0.1) is 17.6 Å². The van der Waals surface area contributed by atoms with E-state index in [1.807, 2.05) is 6.07 Å². The van der Waals surface area contributed by atoms with Gasteiger partial charge in [-0.25, -0.2) is 8.78 Å². The molecule has 1 atom stereocenters. The Kier molecular flexibility index (Phi) is 4.85. The van der Waals surface area contributed by atoms with Crippen molar-refractivity contribution in [3.63, 3.8) is 0 Å². The van der Waals surface area contributed by atoms with E-state index in [4.69, 9.17) is 0 Å². The molecule has 4 nitrogen and oxygen atoms in total. The number of fused-ring (bicyclic) bond motifs is 1. The number of hydrogen-bond donors (Lipinski definition) is 1. The molecule has 0 unspecified atom stereocenters. The highest BCUT2D eigenvalue weighted by Gasteiger charge is 2.28. The molecule has 1 N–H and O–H groups in total. The third-order valence-electron chi connectivity index (χ3n) is 4.26. The van der Waals surface area contributed by atoms with Crippen LogP contribution >= 0.6 is 11.3 Å². The summed E-state index contributed by atoms with van der Waals surface area (Å²) < 4.78 is 26.6. The lowest BCUT2D eigenvalue weighted by molar-refractivity contribution is -0.120. The van der Waals surface area contributed by atoms with E-state index in [1.54, 1.807) is 14.1 Å². The average molecular weight is 364 g/mol. The molecule has 0 radical (unpaired) electrons. The molecule has 1 aromatic heterocycles. The van der Waals surface area contributed by atoms with E-state index < -0.39 is 11.6 Å². The van der Waals surface area contributed by atoms with Gasteiger partial charge in [-0.2, -0.15) is 0 Å². The molecule has 3 rings (SSSR count). The van der Waals surface area contributed by atoms with Crippen molar-refractivity contribution in [1.29, 1.82) is 0 Å².